The van der Waals surface area contributed by atoms with E-state index in [0.717, 1.165) is 30.8 Å². The standard InChI is InChI=1S/C49H53ClF3N5O2/c1-6-7-8-9-10-11-12-13-14-17-28-57-42-30-35-19-16-15-18-34(35)29-41(42)48(2,3)44(57)27-24-37(50)31-40-45(33-20-22-36(23-21-33)49(51,52)53)56-58-46(54-55-47(40)58)39-32-38(59-4)25-26-43(39)60-5/h15-16,18-27,29-32H,6-14,17,28H2,1-5H3. The van der Waals surface area contributed by atoms with E-state index >= 15 is 0 Å². The van der Waals surface area contributed by atoms with Crippen molar-refractivity contribution in [1.82, 2.24) is 19.8 Å². The van der Waals surface area contributed by atoms with Gasteiger partial charge in [-0.05, 0) is 83.4 Å². The van der Waals surface area contributed by atoms with Gasteiger partial charge in [0.25, 0.3) is 0 Å². The molecule has 1 aliphatic heterocycles. The predicted molar refractivity (Wildman–Crippen MR) is 238 cm³/mol. The van der Waals surface area contributed by atoms with Gasteiger partial charge in [-0.15, -0.1) is 10.2 Å². The minimum atomic E-state index is -4.48. The third kappa shape index (κ3) is 9.04. The minimum Gasteiger partial charge on any atom is -0.497 e. The van der Waals surface area contributed by atoms with Crippen LogP contribution in [-0.4, -0.2) is 40.6 Å². The van der Waals surface area contributed by atoms with E-state index in [1.54, 1.807) is 43.0 Å². The molecule has 6 aromatic rings. The van der Waals surface area contributed by atoms with Gasteiger partial charge in [0.15, 0.2) is 11.5 Å². The first-order chi connectivity index (χ1) is 28.9. The summed E-state index contributed by atoms with van der Waals surface area (Å²) in [5.41, 5.74) is 4.38. The number of ether oxygens (including phenoxy) is 2. The molecular weight excluding hydrogens is 783 g/mol. The highest BCUT2D eigenvalue weighted by Crippen LogP contribution is 2.49. The maximum atomic E-state index is 13.6. The van der Waals surface area contributed by atoms with Gasteiger partial charge < -0.3 is 14.4 Å². The summed E-state index contributed by atoms with van der Waals surface area (Å²) in [5, 5.41) is 17.2. The third-order valence-electron chi connectivity index (χ3n) is 11.6. The lowest BCUT2D eigenvalue weighted by atomic mass is 9.83. The van der Waals surface area contributed by atoms with Gasteiger partial charge in [-0.3, -0.25) is 0 Å². The van der Waals surface area contributed by atoms with E-state index in [1.165, 1.54) is 91.9 Å². The SMILES string of the molecule is CCCCCCCCCCCCN1C(=CC=C(Cl)C=c2c(-c3ccc(C(F)(F)F)cc3)nn3c(-c4cc(OC)ccc4OC)nnc23)C(C)(C)c2cc3ccccc3cc21. The van der Waals surface area contributed by atoms with Gasteiger partial charge in [0.1, 0.15) is 17.2 Å². The van der Waals surface area contributed by atoms with Crippen molar-refractivity contribution in [2.45, 2.75) is 96.6 Å². The summed E-state index contributed by atoms with van der Waals surface area (Å²) in [7, 11) is 3.12. The van der Waals surface area contributed by atoms with Crippen LogP contribution >= 0.6 is 11.6 Å². The Bertz CT molecular complexity index is 2560. The number of nitrogens with zero attached hydrogens (tertiary/aromatic N) is 5. The number of benzene rings is 4. The average molecular weight is 836 g/mol. The second kappa shape index (κ2) is 18.5. The summed E-state index contributed by atoms with van der Waals surface area (Å²) < 4.78 is 53.5. The number of unbranched alkanes of at least 4 members (excludes halogenated alkanes) is 9. The van der Waals surface area contributed by atoms with Crippen molar-refractivity contribution < 1.29 is 22.6 Å². The van der Waals surface area contributed by atoms with Crippen LogP contribution in [-0.2, 0) is 11.6 Å². The molecule has 0 aliphatic carbocycles. The first-order valence-corrected chi connectivity index (χ1v) is 21.4. The monoisotopic (exact) mass is 835 g/mol. The second-order valence-corrected chi connectivity index (χ2v) is 16.5. The van der Waals surface area contributed by atoms with Gasteiger partial charge in [-0.1, -0.05) is 127 Å². The Morgan fingerprint density at radius 1 is 0.800 bits per heavy atom. The van der Waals surface area contributed by atoms with Crippen molar-refractivity contribution >= 4 is 39.8 Å². The molecule has 314 valence electrons. The van der Waals surface area contributed by atoms with E-state index in [0.29, 0.717) is 50.0 Å². The fourth-order valence-corrected chi connectivity index (χ4v) is 8.49. The molecule has 60 heavy (non-hydrogen) atoms. The smallest absolute Gasteiger partial charge is 0.416 e. The molecule has 1 aliphatic rings. The molecule has 2 aromatic heterocycles. The molecule has 11 heteroatoms. The fraction of sp³-hybridized carbons (Fsp3) is 0.367. The van der Waals surface area contributed by atoms with Crippen molar-refractivity contribution in [2.75, 3.05) is 25.7 Å². The Kier molecular flexibility index (Phi) is 13.2. The minimum absolute atomic E-state index is 0.316. The summed E-state index contributed by atoms with van der Waals surface area (Å²) >= 11 is 7.13. The molecule has 0 N–H and O–H groups in total. The summed E-state index contributed by atoms with van der Waals surface area (Å²) in [6.45, 7) is 7.66. The van der Waals surface area contributed by atoms with Gasteiger partial charge >= 0.3 is 6.18 Å². The molecular formula is C49H53ClF3N5O2. The highest BCUT2D eigenvalue weighted by Gasteiger charge is 2.40. The normalized spacial score (nSPS) is 15.2. The zero-order valence-corrected chi connectivity index (χ0v) is 35.8. The molecule has 0 unspecified atom stereocenters. The number of alkyl halides is 3. The van der Waals surface area contributed by atoms with Crippen molar-refractivity contribution in [3.63, 3.8) is 0 Å². The van der Waals surface area contributed by atoms with Gasteiger partial charge in [-0.2, -0.15) is 22.8 Å². The first-order valence-electron chi connectivity index (χ1n) is 21.0. The number of methoxy groups -OCH3 is 2. The van der Waals surface area contributed by atoms with Crippen LogP contribution in [0.1, 0.15) is 96.1 Å². The van der Waals surface area contributed by atoms with E-state index in [-0.39, 0.29) is 5.41 Å². The Labute approximate surface area is 355 Å². The summed E-state index contributed by atoms with van der Waals surface area (Å²) in [5.74, 6) is 1.47. The van der Waals surface area contributed by atoms with Crippen LogP contribution in [0.25, 0.3) is 45.1 Å². The number of halogens is 4. The summed E-state index contributed by atoms with van der Waals surface area (Å²) in [6, 6.07) is 23.3. The fourth-order valence-electron chi connectivity index (χ4n) is 8.32. The average Bonchev–Trinajstić information content (AvgIpc) is 3.88. The number of allylic oxidation sites excluding steroid dienone is 4. The lowest BCUT2D eigenvalue weighted by Crippen LogP contribution is -2.27. The number of aromatic nitrogens is 4. The van der Waals surface area contributed by atoms with Crippen molar-refractivity contribution in [2.24, 2.45) is 0 Å². The van der Waals surface area contributed by atoms with E-state index in [4.69, 9.17) is 26.2 Å². The molecule has 0 bridgehead atoms. The van der Waals surface area contributed by atoms with E-state index in [2.05, 4.69) is 78.3 Å². The highest BCUT2D eigenvalue weighted by molar-refractivity contribution is 6.34. The molecule has 0 fully saturated rings. The van der Waals surface area contributed by atoms with Gasteiger partial charge in [0.05, 0.1) is 30.6 Å². The molecule has 0 amide bonds. The Morgan fingerprint density at radius 2 is 1.47 bits per heavy atom. The van der Waals surface area contributed by atoms with Gasteiger partial charge in [0, 0.05) is 33.9 Å². The molecule has 0 atom stereocenters. The Morgan fingerprint density at radius 3 is 2.12 bits per heavy atom. The number of rotatable bonds is 17. The van der Waals surface area contributed by atoms with Crippen LogP contribution in [0.3, 0.4) is 0 Å². The van der Waals surface area contributed by atoms with Crippen LogP contribution in [0.4, 0.5) is 18.9 Å². The zero-order valence-electron chi connectivity index (χ0n) is 35.1. The summed E-state index contributed by atoms with van der Waals surface area (Å²) in [4.78, 5) is 2.45. The van der Waals surface area contributed by atoms with Crippen molar-refractivity contribution in [3.8, 4) is 34.1 Å². The van der Waals surface area contributed by atoms with E-state index in [9.17, 15) is 13.2 Å². The lowest BCUT2D eigenvalue weighted by Gasteiger charge is -2.27. The van der Waals surface area contributed by atoms with E-state index < -0.39 is 11.7 Å². The lowest BCUT2D eigenvalue weighted by molar-refractivity contribution is -0.137. The number of fused-ring (bicyclic) bond motifs is 3. The van der Waals surface area contributed by atoms with Crippen molar-refractivity contribution in [1.29, 1.82) is 0 Å². The van der Waals surface area contributed by atoms with Crippen LogP contribution in [0.15, 0.2) is 102 Å². The highest BCUT2D eigenvalue weighted by atomic mass is 35.5. The number of hydrogen-bond acceptors (Lipinski definition) is 6. The molecule has 0 saturated heterocycles. The molecule has 7 nitrogen and oxygen atoms in total. The van der Waals surface area contributed by atoms with Gasteiger partial charge in [0.2, 0.25) is 0 Å². The molecule has 0 spiro atoms. The van der Waals surface area contributed by atoms with Gasteiger partial charge in [-0.25, -0.2) is 0 Å². The number of anilines is 1. The molecule has 7 rings (SSSR count). The summed E-state index contributed by atoms with van der Waals surface area (Å²) in [6.07, 6.45) is 13.9. The second-order valence-electron chi connectivity index (χ2n) is 16.1. The van der Waals surface area contributed by atoms with Crippen LogP contribution in [0, 0.1) is 0 Å². The van der Waals surface area contributed by atoms with Crippen LogP contribution < -0.4 is 19.6 Å². The topological polar surface area (TPSA) is 64.8 Å². The predicted octanol–water partition coefficient (Wildman–Crippen LogP) is 12.9. The maximum Gasteiger partial charge on any atom is 0.416 e. The molecule has 4 aromatic carbocycles. The maximum absolute atomic E-state index is 13.6. The molecule has 0 radical (unpaired) electrons. The van der Waals surface area contributed by atoms with E-state index in [1.807, 2.05) is 6.08 Å². The first kappa shape index (κ1) is 42.8. The third-order valence-corrected chi connectivity index (χ3v) is 11.9. The van der Waals surface area contributed by atoms with Crippen LogP contribution in [0.2, 0.25) is 0 Å². The Balaban J connectivity index is 1.26. The van der Waals surface area contributed by atoms with Crippen molar-refractivity contribution in [3.05, 3.63) is 118 Å². The largest absolute Gasteiger partial charge is 0.497 e. The quantitative estimate of drug-likeness (QED) is 0.0853. The van der Waals surface area contributed by atoms with Crippen LogP contribution in [0.5, 0.6) is 11.5 Å². The molecule has 0 saturated carbocycles. The zero-order chi connectivity index (χ0) is 42.4. The molecule has 3 heterocycles. The Hall–Kier alpha value is -5.35. The number of hydrogen-bond donors (Lipinski definition) is 0.